The zero-order valence-corrected chi connectivity index (χ0v) is 18.6. The molecule has 32 heavy (non-hydrogen) atoms. The molecule has 2 fully saturated rings. The van der Waals surface area contributed by atoms with Crippen LogP contribution in [-0.2, 0) is 14.4 Å². The summed E-state index contributed by atoms with van der Waals surface area (Å²) in [4.78, 5) is 44.4. The monoisotopic (exact) mass is 430 g/mol. The van der Waals surface area contributed by atoms with Crippen molar-refractivity contribution in [3.05, 3.63) is 65.9 Å². The number of hydrogen-bond donors (Lipinski definition) is 0. The largest absolute Gasteiger partial charge is 0.495 e. The van der Waals surface area contributed by atoms with Crippen LogP contribution in [0.25, 0.3) is 6.08 Å². The molecular formula is C26H26N2O4. The first-order valence-electron chi connectivity index (χ1n) is 10.9. The van der Waals surface area contributed by atoms with Gasteiger partial charge in [0.25, 0.3) is 0 Å². The molecule has 0 radical (unpaired) electrons. The zero-order chi connectivity index (χ0) is 22.8. The number of anilines is 1. The average molecular weight is 431 g/mol. The molecule has 3 aliphatic rings. The van der Waals surface area contributed by atoms with Crippen molar-refractivity contribution >= 4 is 29.4 Å². The number of ether oxygens (including phenoxy) is 1. The van der Waals surface area contributed by atoms with E-state index in [4.69, 9.17) is 4.74 Å². The lowest BCUT2D eigenvalue weighted by Gasteiger charge is -2.37. The van der Waals surface area contributed by atoms with Gasteiger partial charge in [0.1, 0.15) is 11.8 Å². The van der Waals surface area contributed by atoms with E-state index in [1.165, 1.54) is 12.0 Å². The maximum atomic E-state index is 13.8. The van der Waals surface area contributed by atoms with Gasteiger partial charge in [0.15, 0.2) is 5.78 Å². The topological polar surface area (TPSA) is 66.9 Å². The predicted molar refractivity (Wildman–Crippen MR) is 121 cm³/mol. The zero-order valence-electron chi connectivity index (χ0n) is 18.6. The molecule has 0 aromatic heterocycles. The van der Waals surface area contributed by atoms with Crippen LogP contribution in [0.15, 0.2) is 54.7 Å². The van der Waals surface area contributed by atoms with E-state index in [1.807, 2.05) is 62.2 Å². The summed E-state index contributed by atoms with van der Waals surface area (Å²) in [5, 5.41) is 0. The first-order chi connectivity index (χ1) is 15.3. The molecule has 2 saturated heterocycles. The SMILES string of the molecule is COc1ccccc1N1C(=O)C2C(C1=O)C1c3ccccc3C=CN1C2C(=O)C(C)(C)C. The van der Waals surface area contributed by atoms with Crippen molar-refractivity contribution < 1.29 is 19.1 Å². The molecule has 0 N–H and O–H groups in total. The van der Waals surface area contributed by atoms with Gasteiger partial charge in [-0.25, -0.2) is 4.90 Å². The van der Waals surface area contributed by atoms with E-state index in [0.717, 1.165) is 11.1 Å². The minimum absolute atomic E-state index is 0.0398. The van der Waals surface area contributed by atoms with Gasteiger partial charge < -0.3 is 9.64 Å². The summed E-state index contributed by atoms with van der Waals surface area (Å²) in [7, 11) is 1.51. The number of fused-ring (bicyclic) bond motifs is 5. The number of amides is 2. The van der Waals surface area contributed by atoms with E-state index >= 15 is 0 Å². The van der Waals surface area contributed by atoms with Gasteiger partial charge in [0.05, 0.1) is 30.7 Å². The van der Waals surface area contributed by atoms with Crippen molar-refractivity contribution in [1.29, 1.82) is 0 Å². The van der Waals surface area contributed by atoms with Crippen LogP contribution in [0.4, 0.5) is 5.69 Å². The third-order valence-corrected chi connectivity index (χ3v) is 6.80. The molecule has 4 atom stereocenters. The van der Waals surface area contributed by atoms with Crippen molar-refractivity contribution in [3.63, 3.8) is 0 Å². The Balaban J connectivity index is 1.68. The van der Waals surface area contributed by atoms with Crippen LogP contribution in [0.1, 0.15) is 37.9 Å². The third-order valence-electron chi connectivity index (χ3n) is 6.80. The molecule has 3 aliphatic heterocycles. The minimum atomic E-state index is -0.750. The molecular weight excluding hydrogens is 404 g/mol. The molecule has 4 unspecified atom stereocenters. The first-order valence-corrected chi connectivity index (χ1v) is 10.9. The van der Waals surface area contributed by atoms with Gasteiger partial charge in [-0.15, -0.1) is 0 Å². The quantitative estimate of drug-likeness (QED) is 0.693. The highest BCUT2D eigenvalue weighted by Gasteiger charge is 2.65. The molecule has 5 rings (SSSR count). The molecule has 0 aliphatic carbocycles. The van der Waals surface area contributed by atoms with Gasteiger partial charge in [0, 0.05) is 11.6 Å². The lowest BCUT2D eigenvalue weighted by atomic mass is 9.79. The fourth-order valence-corrected chi connectivity index (χ4v) is 5.35. The Morgan fingerprint density at radius 2 is 1.59 bits per heavy atom. The highest BCUT2D eigenvalue weighted by Crippen LogP contribution is 2.54. The number of benzene rings is 2. The summed E-state index contributed by atoms with van der Waals surface area (Å²) in [6.45, 7) is 5.58. The van der Waals surface area contributed by atoms with Crippen LogP contribution < -0.4 is 9.64 Å². The lowest BCUT2D eigenvalue weighted by molar-refractivity contribution is -0.135. The van der Waals surface area contributed by atoms with Crippen molar-refractivity contribution in [2.24, 2.45) is 17.3 Å². The number of para-hydroxylation sites is 2. The predicted octanol–water partition coefficient (Wildman–Crippen LogP) is 3.83. The molecule has 3 heterocycles. The third kappa shape index (κ3) is 2.75. The summed E-state index contributed by atoms with van der Waals surface area (Å²) >= 11 is 0. The van der Waals surface area contributed by atoms with E-state index in [0.29, 0.717) is 11.4 Å². The van der Waals surface area contributed by atoms with Gasteiger partial charge in [-0.1, -0.05) is 57.2 Å². The number of Topliss-reactive ketones (excluding diaryl/α,β-unsaturated/α-hetero) is 1. The fourth-order valence-electron chi connectivity index (χ4n) is 5.35. The standard InChI is InChI=1S/C26H26N2O4/c1-26(2,3)23(29)22-20-19(21-16-10-6-5-9-15(16)13-14-27(21)22)24(30)28(25(20)31)17-11-7-8-12-18(17)32-4/h5-14,19-22H,1-4H3. The Kier molecular flexibility index (Phi) is 4.52. The second-order valence-electron chi connectivity index (χ2n) is 9.63. The Bertz CT molecular complexity index is 1160. The summed E-state index contributed by atoms with van der Waals surface area (Å²) in [6.07, 6.45) is 3.84. The van der Waals surface area contributed by atoms with Crippen LogP contribution >= 0.6 is 0 Å². The van der Waals surface area contributed by atoms with E-state index < -0.39 is 23.3 Å². The molecule has 0 bridgehead atoms. The number of nitrogens with zero attached hydrogens (tertiary/aromatic N) is 2. The molecule has 164 valence electrons. The molecule has 2 amide bonds. The number of rotatable bonds is 3. The molecule has 2 aromatic rings. The van der Waals surface area contributed by atoms with Gasteiger partial charge in [-0.2, -0.15) is 0 Å². The van der Waals surface area contributed by atoms with Gasteiger partial charge >= 0.3 is 0 Å². The number of carbonyl (C=O) groups is 3. The summed E-state index contributed by atoms with van der Waals surface area (Å²) in [5.74, 6) is -1.60. The lowest BCUT2D eigenvalue weighted by Crippen LogP contribution is -2.47. The molecule has 6 nitrogen and oxygen atoms in total. The fraction of sp³-hybridized carbons (Fsp3) is 0.346. The van der Waals surface area contributed by atoms with E-state index in [1.54, 1.807) is 24.3 Å². The minimum Gasteiger partial charge on any atom is -0.495 e. The Hall–Kier alpha value is -3.41. The maximum absolute atomic E-state index is 13.8. The smallest absolute Gasteiger partial charge is 0.240 e. The normalized spacial score (nSPS) is 26.1. The molecule has 0 saturated carbocycles. The van der Waals surface area contributed by atoms with Crippen LogP contribution in [-0.4, -0.2) is 35.6 Å². The Labute approximate surface area is 187 Å². The van der Waals surface area contributed by atoms with Crippen LogP contribution in [0.3, 0.4) is 0 Å². The van der Waals surface area contributed by atoms with Gasteiger partial charge in [-0.05, 0) is 29.3 Å². The second kappa shape index (κ2) is 7.05. The highest BCUT2D eigenvalue weighted by molar-refractivity contribution is 6.24. The number of imide groups is 1. The maximum Gasteiger partial charge on any atom is 0.240 e. The Morgan fingerprint density at radius 3 is 2.31 bits per heavy atom. The summed E-state index contributed by atoms with van der Waals surface area (Å²) in [5.41, 5.74) is 1.74. The molecule has 0 spiro atoms. The summed E-state index contributed by atoms with van der Waals surface area (Å²) in [6, 6.07) is 13.8. The van der Waals surface area contributed by atoms with Crippen molar-refractivity contribution in [2.45, 2.75) is 32.9 Å². The molecule has 6 heteroatoms. The van der Waals surface area contributed by atoms with Crippen molar-refractivity contribution in [1.82, 2.24) is 4.90 Å². The van der Waals surface area contributed by atoms with Gasteiger partial charge in [0.2, 0.25) is 11.8 Å². The van der Waals surface area contributed by atoms with E-state index in [9.17, 15) is 14.4 Å². The average Bonchev–Trinajstić information content (AvgIpc) is 3.25. The van der Waals surface area contributed by atoms with Crippen LogP contribution in [0.5, 0.6) is 5.75 Å². The Morgan fingerprint density at radius 1 is 0.938 bits per heavy atom. The number of methoxy groups -OCH3 is 1. The van der Waals surface area contributed by atoms with E-state index in [2.05, 4.69) is 0 Å². The van der Waals surface area contributed by atoms with Crippen LogP contribution in [0.2, 0.25) is 0 Å². The number of hydrogen-bond acceptors (Lipinski definition) is 5. The highest BCUT2D eigenvalue weighted by atomic mass is 16.5. The summed E-state index contributed by atoms with van der Waals surface area (Å²) < 4.78 is 5.43. The van der Waals surface area contributed by atoms with Gasteiger partial charge in [-0.3, -0.25) is 14.4 Å². The van der Waals surface area contributed by atoms with Crippen molar-refractivity contribution in [3.8, 4) is 5.75 Å². The second-order valence-corrected chi connectivity index (χ2v) is 9.63. The first kappa shape index (κ1) is 20.5. The number of ketones is 1. The number of carbonyl (C=O) groups excluding carboxylic acids is 3. The van der Waals surface area contributed by atoms with Crippen LogP contribution in [0, 0.1) is 17.3 Å². The molecule has 2 aromatic carbocycles. The van der Waals surface area contributed by atoms with Crippen molar-refractivity contribution in [2.75, 3.05) is 12.0 Å². The van der Waals surface area contributed by atoms with E-state index in [-0.39, 0.29) is 23.6 Å².